The Bertz CT molecular complexity index is 2080. The third kappa shape index (κ3) is 7.48. The first-order chi connectivity index (χ1) is 25.8. The van der Waals surface area contributed by atoms with E-state index in [2.05, 4.69) is 17.1 Å². The summed E-state index contributed by atoms with van der Waals surface area (Å²) < 4.78 is 28.3. The Morgan fingerprint density at radius 2 is 1.93 bits per heavy atom. The first-order valence-corrected chi connectivity index (χ1v) is 19.2. The average Bonchev–Trinajstić information content (AvgIpc) is 3.50. The molecule has 6 rings (SSSR count). The summed E-state index contributed by atoms with van der Waals surface area (Å²) in [6, 6.07) is 6.48. The van der Waals surface area contributed by atoms with Gasteiger partial charge in [-0.1, -0.05) is 32.8 Å². The van der Waals surface area contributed by atoms with Crippen molar-refractivity contribution in [1.82, 2.24) is 14.9 Å². The van der Waals surface area contributed by atoms with Crippen LogP contribution in [0.15, 0.2) is 34.1 Å². The van der Waals surface area contributed by atoms with Gasteiger partial charge in [0.25, 0.3) is 5.56 Å². The summed E-state index contributed by atoms with van der Waals surface area (Å²) in [4.78, 5) is 77.2. The van der Waals surface area contributed by atoms with Gasteiger partial charge in [-0.15, -0.1) is 0 Å². The van der Waals surface area contributed by atoms with Gasteiger partial charge in [-0.2, -0.15) is 11.8 Å². The molecular weight excluding hydrogens is 719 g/mol. The Labute approximate surface area is 316 Å². The van der Waals surface area contributed by atoms with Crippen molar-refractivity contribution in [3.8, 4) is 11.4 Å². The van der Waals surface area contributed by atoms with Crippen molar-refractivity contribution in [3.05, 3.63) is 51.3 Å². The summed E-state index contributed by atoms with van der Waals surface area (Å²) in [6.45, 7) is 9.51. The molecule has 3 aliphatic rings. The number of alkyl carbamates (subject to hydrolysis) is 1. The van der Waals surface area contributed by atoms with Gasteiger partial charge < -0.3 is 38.5 Å². The summed E-state index contributed by atoms with van der Waals surface area (Å²) in [6.07, 6.45) is 3.00. The number of ether oxygens (including phenoxy) is 5. The zero-order valence-corrected chi connectivity index (χ0v) is 32.1. The molecule has 1 N–H and O–H groups in total. The van der Waals surface area contributed by atoms with Crippen molar-refractivity contribution in [2.24, 2.45) is 4.99 Å². The maximum Gasteiger partial charge on any atom is 0.509 e. The number of cyclic esters (lactones) is 1. The van der Waals surface area contributed by atoms with Crippen molar-refractivity contribution in [2.45, 2.75) is 90.7 Å². The molecule has 0 fully saturated rings. The second-order valence-corrected chi connectivity index (χ2v) is 15.3. The SMILES string of the molecule is CCCCCN1C=Nc2cccc3nc4c(c1c23)Cn1c-4cc2c(c1=O)COC(=O)[C@@]2(CC)OC(=O)OCCSC[C@H](NC(=O)OC(C)(C)C)C(=O)OC. The molecule has 15 nitrogen and oxygen atoms in total. The first-order valence-electron chi connectivity index (χ1n) is 18.0. The van der Waals surface area contributed by atoms with Gasteiger partial charge in [0, 0.05) is 29.2 Å². The number of aliphatic imine (C=N–C) groups is 1. The molecule has 3 aliphatic heterocycles. The van der Waals surface area contributed by atoms with E-state index in [1.165, 1.54) is 18.9 Å². The molecular formula is C38H45N5O10S. The minimum atomic E-state index is -1.94. The first kappa shape index (κ1) is 38.6. The Morgan fingerprint density at radius 1 is 1.13 bits per heavy atom. The zero-order chi connectivity index (χ0) is 38.8. The number of methoxy groups -OCH3 is 1. The van der Waals surface area contributed by atoms with Gasteiger partial charge >= 0.3 is 24.2 Å². The number of fused-ring (bicyclic) bond motifs is 5. The maximum absolute atomic E-state index is 14.2. The predicted molar refractivity (Wildman–Crippen MR) is 202 cm³/mol. The molecule has 3 aromatic rings. The smallest absolute Gasteiger partial charge is 0.467 e. The Kier molecular flexibility index (Phi) is 11.2. The number of aromatic nitrogens is 2. The molecule has 54 heavy (non-hydrogen) atoms. The summed E-state index contributed by atoms with van der Waals surface area (Å²) >= 11 is 1.21. The van der Waals surface area contributed by atoms with Crippen molar-refractivity contribution in [3.63, 3.8) is 0 Å². The molecule has 0 aliphatic carbocycles. The number of carbonyl (C=O) groups excluding carboxylic acids is 4. The third-order valence-electron chi connectivity index (χ3n) is 9.42. The van der Waals surface area contributed by atoms with Crippen molar-refractivity contribution in [2.75, 3.05) is 36.7 Å². The number of hydrogen-bond acceptors (Lipinski definition) is 14. The second-order valence-electron chi connectivity index (χ2n) is 14.2. The minimum Gasteiger partial charge on any atom is -0.467 e. The summed E-state index contributed by atoms with van der Waals surface area (Å²) in [5.74, 6) is -1.16. The van der Waals surface area contributed by atoms with Crippen LogP contribution in [-0.2, 0) is 52.0 Å². The lowest BCUT2D eigenvalue weighted by Gasteiger charge is -2.35. The van der Waals surface area contributed by atoms with Gasteiger partial charge in [-0.3, -0.25) is 4.79 Å². The molecule has 0 unspecified atom stereocenters. The van der Waals surface area contributed by atoms with Gasteiger partial charge in [0.15, 0.2) is 0 Å². The Morgan fingerprint density at radius 3 is 2.65 bits per heavy atom. The van der Waals surface area contributed by atoms with Crippen LogP contribution in [-0.4, -0.2) is 83.5 Å². The van der Waals surface area contributed by atoms with Gasteiger partial charge in [0.05, 0.1) is 59.2 Å². The molecule has 0 saturated heterocycles. The Hall–Kier alpha value is -5.12. The van der Waals surface area contributed by atoms with Crippen LogP contribution in [0.2, 0.25) is 0 Å². The van der Waals surface area contributed by atoms with Crippen LogP contribution in [0, 0.1) is 0 Å². The molecule has 2 atom stereocenters. The van der Waals surface area contributed by atoms with E-state index in [4.69, 9.17) is 33.7 Å². The lowest BCUT2D eigenvalue weighted by molar-refractivity contribution is -0.175. The van der Waals surface area contributed by atoms with Gasteiger partial charge in [-0.25, -0.2) is 29.2 Å². The molecule has 2 aromatic heterocycles. The van der Waals surface area contributed by atoms with Crippen molar-refractivity contribution in [1.29, 1.82) is 0 Å². The van der Waals surface area contributed by atoms with Crippen LogP contribution in [0.5, 0.6) is 0 Å². The molecule has 1 aromatic carbocycles. The number of nitrogens with one attached hydrogen (secondary N) is 1. The van der Waals surface area contributed by atoms with Crippen LogP contribution in [0.1, 0.15) is 77.0 Å². The van der Waals surface area contributed by atoms with E-state index >= 15 is 0 Å². The number of nitrogens with zero attached hydrogens (tertiary/aromatic N) is 4. The number of unbranched alkanes of at least 4 members (excludes halogenated alkanes) is 2. The third-order valence-corrected chi connectivity index (χ3v) is 10.4. The van der Waals surface area contributed by atoms with E-state index in [1.54, 1.807) is 38.3 Å². The maximum atomic E-state index is 14.2. The number of rotatable bonds is 13. The highest BCUT2D eigenvalue weighted by molar-refractivity contribution is 7.99. The topological polar surface area (TPSA) is 177 Å². The number of thioether (sulfide) groups is 1. The molecule has 1 amide bonds. The predicted octanol–water partition coefficient (Wildman–Crippen LogP) is 5.71. The zero-order valence-electron chi connectivity index (χ0n) is 31.3. The van der Waals surface area contributed by atoms with E-state index in [-0.39, 0.29) is 54.4 Å². The molecule has 0 saturated carbocycles. The lowest BCUT2D eigenvalue weighted by Crippen LogP contribution is -2.47. The number of anilines is 1. The van der Waals surface area contributed by atoms with Gasteiger partial charge in [0.1, 0.15) is 24.9 Å². The molecule has 288 valence electrons. The van der Waals surface area contributed by atoms with Crippen LogP contribution < -0.4 is 15.8 Å². The molecule has 0 spiro atoms. The number of esters is 2. The molecule has 0 radical (unpaired) electrons. The highest BCUT2D eigenvalue weighted by Crippen LogP contribution is 2.47. The number of carbonyl (C=O) groups is 4. The van der Waals surface area contributed by atoms with E-state index in [0.717, 1.165) is 53.6 Å². The number of benzene rings is 1. The van der Waals surface area contributed by atoms with Crippen LogP contribution in [0.4, 0.5) is 21.0 Å². The van der Waals surface area contributed by atoms with Crippen LogP contribution in [0.25, 0.3) is 22.3 Å². The van der Waals surface area contributed by atoms with E-state index in [0.29, 0.717) is 11.4 Å². The van der Waals surface area contributed by atoms with Gasteiger partial charge in [0.2, 0.25) is 5.60 Å². The number of amides is 1. The molecule has 0 bridgehead atoms. The minimum absolute atomic E-state index is 0.0307. The normalized spacial score (nSPS) is 17.2. The highest BCUT2D eigenvalue weighted by atomic mass is 32.2. The summed E-state index contributed by atoms with van der Waals surface area (Å²) in [5, 5.41) is 3.41. The lowest BCUT2D eigenvalue weighted by atomic mass is 9.85. The fraction of sp³-hybridized carbons (Fsp3) is 0.500. The van der Waals surface area contributed by atoms with Crippen LogP contribution in [0.3, 0.4) is 0 Å². The van der Waals surface area contributed by atoms with E-state index in [1.807, 2.05) is 24.5 Å². The summed E-state index contributed by atoms with van der Waals surface area (Å²) in [7, 11) is 1.21. The monoisotopic (exact) mass is 763 g/mol. The highest BCUT2D eigenvalue weighted by Gasteiger charge is 2.51. The summed E-state index contributed by atoms with van der Waals surface area (Å²) in [5.41, 5.74) is 1.87. The average molecular weight is 764 g/mol. The largest absolute Gasteiger partial charge is 0.509 e. The van der Waals surface area contributed by atoms with E-state index < -0.39 is 41.4 Å². The van der Waals surface area contributed by atoms with Crippen LogP contribution >= 0.6 is 11.8 Å². The van der Waals surface area contributed by atoms with Crippen molar-refractivity contribution >= 4 is 64.6 Å². The molecule has 5 heterocycles. The fourth-order valence-electron chi connectivity index (χ4n) is 6.88. The second kappa shape index (κ2) is 15.7. The quantitative estimate of drug-likeness (QED) is 0.0996. The number of pyridine rings is 2. The Balaban J connectivity index is 1.22. The van der Waals surface area contributed by atoms with Crippen molar-refractivity contribution < 1.29 is 42.9 Å². The standard InChI is InChI=1S/C38H45N5O10S/c1-7-9-10-14-42-21-39-25-12-11-13-26-29(25)31(42)22-18-43-28(30(22)40-26)17-24-23(32(43)44)19-51-34(46)38(24,8-2)53-36(48)50-15-16-54-20-27(33(45)49-6)41-35(47)52-37(3,4)5/h11-13,17,21,27H,7-10,14-16,18-20H2,1-6H3,(H,41,47)/t27-,38-/m0/s1. The molecule has 16 heteroatoms. The van der Waals surface area contributed by atoms with Gasteiger partial charge in [-0.05, 0) is 51.8 Å². The fourth-order valence-corrected chi connectivity index (χ4v) is 7.70. The number of hydrogen-bond donors (Lipinski definition) is 1. The van der Waals surface area contributed by atoms with E-state index in [9.17, 15) is 24.0 Å².